The second-order valence-corrected chi connectivity index (χ2v) is 7.47. The number of benzene rings is 1. The summed E-state index contributed by atoms with van der Waals surface area (Å²) in [7, 11) is 0. The maximum absolute atomic E-state index is 12.3. The summed E-state index contributed by atoms with van der Waals surface area (Å²) in [6.45, 7) is 7.32. The van der Waals surface area contributed by atoms with Crippen LogP contribution in [-0.4, -0.2) is 29.7 Å². The Morgan fingerprint density at radius 3 is 2.35 bits per heavy atom. The first-order valence-electron chi connectivity index (χ1n) is 8.68. The molecule has 2 N–H and O–H groups in total. The maximum atomic E-state index is 12.3. The van der Waals surface area contributed by atoms with Crippen molar-refractivity contribution in [1.82, 2.24) is 4.90 Å². The van der Waals surface area contributed by atoms with Crippen LogP contribution in [0.4, 0.5) is 10.5 Å². The van der Waals surface area contributed by atoms with Crippen LogP contribution in [0.2, 0.25) is 0 Å². The van der Waals surface area contributed by atoms with Crippen molar-refractivity contribution >= 4 is 11.8 Å². The molecule has 0 aliphatic carbocycles. The van der Waals surface area contributed by atoms with Gasteiger partial charge >= 0.3 is 6.09 Å². The van der Waals surface area contributed by atoms with E-state index >= 15 is 0 Å². The number of anilines is 1. The number of hydrogen-bond acceptors (Lipinski definition) is 3. The molecule has 4 heteroatoms. The minimum absolute atomic E-state index is 0.177. The fraction of sp³-hybridized carbons (Fsp3) is 0.632. The number of carbonyl (C=O) groups is 1. The third kappa shape index (κ3) is 5.77. The molecule has 1 fully saturated rings. The van der Waals surface area contributed by atoms with Crippen molar-refractivity contribution in [2.75, 3.05) is 18.8 Å². The fourth-order valence-electron chi connectivity index (χ4n) is 3.09. The van der Waals surface area contributed by atoms with Gasteiger partial charge in [-0.2, -0.15) is 0 Å². The van der Waals surface area contributed by atoms with Crippen molar-refractivity contribution in [3.63, 3.8) is 0 Å². The lowest BCUT2D eigenvalue weighted by Crippen LogP contribution is -2.37. The van der Waals surface area contributed by atoms with Crippen LogP contribution in [0.3, 0.4) is 0 Å². The van der Waals surface area contributed by atoms with Gasteiger partial charge in [-0.05, 0) is 70.1 Å². The van der Waals surface area contributed by atoms with E-state index in [1.165, 1.54) is 12.0 Å². The number of carbonyl (C=O) groups excluding carboxylic acids is 1. The molecule has 0 radical (unpaired) electrons. The van der Waals surface area contributed by atoms with Crippen LogP contribution in [0.15, 0.2) is 24.3 Å². The summed E-state index contributed by atoms with van der Waals surface area (Å²) >= 11 is 0. The second kappa shape index (κ2) is 7.71. The topological polar surface area (TPSA) is 55.6 Å². The van der Waals surface area contributed by atoms with Crippen molar-refractivity contribution in [3.05, 3.63) is 29.8 Å². The summed E-state index contributed by atoms with van der Waals surface area (Å²) < 4.78 is 5.51. The van der Waals surface area contributed by atoms with Gasteiger partial charge in [0.15, 0.2) is 0 Å². The largest absolute Gasteiger partial charge is 0.444 e. The molecule has 0 spiro atoms. The standard InChI is InChI=1S/C19H30N2O2/c1-19(2,3)23-18(22)21-13-5-4-7-15(8-6-14-21)16-9-11-17(20)12-10-16/h9-12,15H,4-8,13-14,20H2,1-3H3. The molecule has 4 nitrogen and oxygen atoms in total. The molecule has 1 aromatic rings. The minimum Gasteiger partial charge on any atom is -0.444 e. The SMILES string of the molecule is CC(C)(C)OC(=O)N1CCCCC(c2ccc(N)cc2)CCC1. The smallest absolute Gasteiger partial charge is 0.410 e. The highest BCUT2D eigenvalue weighted by atomic mass is 16.6. The molecule has 1 atom stereocenters. The van der Waals surface area contributed by atoms with Crippen molar-refractivity contribution < 1.29 is 9.53 Å². The molecule has 128 valence electrons. The molecule has 0 bridgehead atoms. The molecular formula is C19H30N2O2. The van der Waals surface area contributed by atoms with Crippen LogP contribution in [0.1, 0.15) is 64.4 Å². The number of nitrogens with two attached hydrogens (primary N) is 1. The first-order valence-corrected chi connectivity index (χ1v) is 8.68. The van der Waals surface area contributed by atoms with Gasteiger partial charge in [-0.25, -0.2) is 4.79 Å². The molecule has 1 saturated heterocycles. The Balaban J connectivity index is 1.94. The van der Waals surface area contributed by atoms with E-state index in [-0.39, 0.29) is 6.09 Å². The fourth-order valence-corrected chi connectivity index (χ4v) is 3.09. The van der Waals surface area contributed by atoms with Gasteiger partial charge in [0, 0.05) is 18.8 Å². The molecule has 23 heavy (non-hydrogen) atoms. The zero-order valence-corrected chi connectivity index (χ0v) is 14.7. The lowest BCUT2D eigenvalue weighted by atomic mass is 9.89. The summed E-state index contributed by atoms with van der Waals surface area (Å²) in [5, 5.41) is 0. The molecule has 1 heterocycles. The molecule has 0 saturated carbocycles. The van der Waals surface area contributed by atoms with Crippen LogP contribution >= 0.6 is 0 Å². The van der Waals surface area contributed by atoms with Crippen LogP contribution in [0.5, 0.6) is 0 Å². The molecule has 1 aliphatic heterocycles. The average molecular weight is 318 g/mol. The van der Waals surface area contributed by atoms with Crippen LogP contribution in [-0.2, 0) is 4.74 Å². The second-order valence-electron chi connectivity index (χ2n) is 7.47. The molecule has 1 aliphatic rings. The summed E-state index contributed by atoms with van der Waals surface area (Å²) in [5.41, 5.74) is 7.53. The molecule has 2 rings (SSSR count). The summed E-state index contributed by atoms with van der Waals surface area (Å²) in [6, 6.07) is 8.25. The van der Waals surface area contributed by atoms with Gasteiger partial charge in [0.1, 0.15) is 5.60 Å². The highest BCUT2D eigenvalue weighted by Gasteiger charge is 2.23. The van der Waals surface area contributed by atoms with Gasteiger partial charge in [0.05, 0.1) is 0 Å². The van der Waals surface area contributed by atoms with Gasteiger partial charge in [0.25, 0.3) is 0 Å². The quantitative estimate of drug-likeness (QED) is 0.773. The van der Waals surface area contributed by atoms with Gasteiger partial charge < -0.3 is 15.4 Å². The number of rotatable bonds is 1. The zero-order chi connectivity index (χ0) is 16.9. The molecular weight excluding hydrogens is 288 g/mol. The van der Waals surface area contributed by atoms with Crippen molar-refractivity contribution in [1.29, 1.82) is 0 Å². The Morgan fingerprint density at radius 1 is 1.09 bits per heavy atom. The number of amides is 1. The van der Waals surface area contributed by atoms with E-state index in [0.29, 0.717) is 5.92 Å². The van der Waals surface area contributed by atoms with Gasteiger partial charge in [-0.15, -0.1) is 0 Å². The maximum Gasteiger partial charge on any atom is 0.410 e. The monoisotopic (exact) mass is 318 g/mol. The van der Waals surface area contributed by atoms with E-state index in [4.69, 9.17) is 10.5 Å². The van der Waals surface area contributed by atoms with Crippen LogP contribution in [0.25, 0.3) is 0 Å². The Bertz CT molecular complexity index is 505. The van der Waals surface area contributed by atoms with Crippen LogP contribution in [0, 0.1) is 0 Å². The van der Waals surface area contributed by atoms with E-state index in [9.17, 15) is 4.79 Å². The number of nitrogen functional groups attached to an aromatic ring is 1. The zero-order valence-electron chi connectivity index (χ0n) is 14.7. The van der Waals surface area contributed by atoms with Gasteiger partial charge in [0.2, 0.25) is 0 Å². The predicted octanol–water partition coefficient (Wildman–Crippen LogP) is 4.55. The van der Waals surface area contributed by atoms with Crippen LogP contribution < -0.4 is 5.73 Å². The van der Waals surface area contributed by atoms with E-state index in [1.54, 1.807) is 0 Å². The molecule has 0 aromatic heterocycles. The lowest BCUT2D eigenvalue weighted by molar-refractivity contribution is 0.0246. The number of ether oxygens (including phenoxy) is 1. The van der Waals surface area contributed by atoms with Crippen molar-refractivity contribution in [2.45, 2.75) is 64.4 Å². The first kappa shape index (κ1) is 17.6. The first-order chi connectivity index (χ1) is 10.8. The number of hydrogen-bond donors (Lipinski definition) is 1. The Morgan fingerprint density at radius 2 is 1.70 bits per heavy atom. The van der Waals surface area contributed by atoms with E-state index in [2.05, 4.69) is 12.1 Å². The van der Waals surface area contributed by atoms with Crippen molar-refractivity contribution in [2.24, 2.45) is 0 Å². The Kier molecular flexibility index (Phi) is 5.91. The highest BCUT2D eigenvalue weighted by Crippen LogP contribution is 2.29. The van der Waals surface area contributed by atoms with Gasteiger partial charge in [-0.1, -0.05) is 18.6 Å². The summed E-state index contributed by atoms with van der Waals surface area (Å²) in [4.78, 5) is 14.1. The molecule has 1 unspecified atom stereocenters. The van der Waals surface area contributed by atoms with E-state index in [0.717, 1.165) is 44.5 Å². The Hall–Kier alpha value is -1.71. The normalized spacial score (nSPS) is 20.3. The highest BCUT2D eigenvalue weighted by molar-refractivity contribution is 5.68. The third-order valence-electron chi connectivity index (χ3n) is 4.27. The predicted molar refractivity (Wildman–Crippen MR) is 94.5 cm³/mol. The molecule has 1 amide bonds. The Labute approximate surface area is 140 Å². The summed E-state index contributed by atoms with van der Waals surface area (Å²) in [5.74, 6) is 0.564. The van der Waals surface area contributed by atoms with E-state index in [1.807, 2.05) is 37.8 Å². The van der Waals surface area contributed by atoms with Crippen molar-refractivity contribution in [3.8, 4) is 0 Å². The number of nitrogens with zero attached hydrogens (tertiary/aromatic N) is 1. The third-order valence-corrected chi connectivity index (χ3v) is 4.27. The van der Waals surface area contributed by atoms with E-state index < -0.39 is 5.60 Å². The minimum atomic E-state index is -0.429. The average Bonchev–Trinajstić information content (AvgIpc) is 2.58. The van der Waals surface area contributed by atoms with Gasteiger partial charge in [-0.3, -0.25) is 0 Å². The molecule has 1 aromatic carbocycles. The summed E-state index contributed by atoms with van der Waals surface area (Å²) in [6.07, 6.45) is 5.27. The lowest BCUT2D eigenvalue weighted by Gasteiger charge is -2.27.